The molecule has 1 N–H and O–H groups in total. The van der Waals surface area contributed by atoms with Crippen LogP contribution in [0.5, 0.6) is 0 Å². The molecule has 0 bridgehead atoms. The van der Waals surface area contributed by atoms with Gasteiger partial charge in [0.1, 0.15) is 24.2 Å². The van der Waals surface area contributed by atoms with Crippen molar-refractivity contribution in [2.75, 3.05) is 31.5 Å². The maximum atomic E-state index is 14.4. The smallest absolute Gasteiger partial charge is 0.304 e. The first kappa shape index (κ1) is 28.2. The molecule has 0 fully saturated rings. The van der Waals surface area contributed by atoms with Crippen LogP contribution < -0.4 is 9.62 Å². The minimum Gasteiger partial charge on any atom is -0.354 e. The standard InChI is InChI=1S/C24H32F2N4O4S/c1-17(2)14-27-24(32)18(3)29(15-19-8-6-7-9-22(19)26)23(31)16-30(35(33,34)28(4)5)21-12-10-20(25)11-13-21/h6-13,17-18H,14-16H2,1-5H3,(H,27,32)/t18-/m1/s1. The van der Waals surface area contributed by atoms with E-state index in [2.05, 4.69) is 5.32 Å². The first-order valence-electron chi connectivity index (χ1n) is 11.1. The van der Waals surface area contributed by atoms with Crippen molar-refractivity contribution in [2.45, 2.75) is 33.4 Å². The van der Waals surface area contributed by atoms with E-state index in [1.54, 1.807) is 6.07 Å². The fourth-order valence-corrected chi connectivity index (χ4v) is 4.23. The largest absolute Gasteiger partial charge is 0.354 e. The Morgan fingerprint density at radius 1 is 0.971 bits per heavy atom. The van der Waals surface area contributed by atoms with E-state index in [0.29, 0.717) is 6.54 Å². The van der Waals surface area contributed by atoms with Crippen molar-refractivity contribution in [1.29, 1.82) is 0 Å². The summed E-state index contributed by atoms with van der Waals surface area (Å²) in [4.78, 5) is 27.4. The summed E-state index contributed by atoms with van der Waals surface area (Å²) in [7, 11) is -1.56. The summed E-state index contributed by atoms with van der Waals surface area (Å²) < 4.78 is 55.6. The molecule has 11 heteroatoms. The lowest BCUT2D eigenvalue weighted by Crippen LogP contribution is -2.52. The van der Waals surface area contributed by atoms with Gasteiger partial charge < -0.3 is 10.2 Å². The summed E-state index contributed by atoms with van der Waals surface area (Å²) in [5.74, 6) is -2.14. The van der Waals surface area contributed by atoms with E-state index in [4.69, 9.17) is 0 Å². The molecule has 0 aliphatic carbocycles. The Labute approximate surface area is 205 Å². The molecule has 0 unspecified atom stereocenters. The predicted molar refractivity (Wildman–Crippen MR) is 131 cm³/mol. The fraction of sp³-hybridized carbons (Fsp3) is 0.417. The zero-order valence-electron chi connectivity index (χ0n) is 20.5. The number of hydrogen-bond donors (Lipinski definition) is 1. The average molecular weight is 511 g/mol. The van der Waals surface area contributed by atoms with Crippen LogP contribution in [0.2, 0.25) is 0 Å². The van der Waals surface area contributed by atoms with Crippen molar-refractivity contribution < 1.29 is 26.8 Å². The van der Waals surface area contributed by atoms with E-state index >= 15 is 0 Å². The zero-order valence-corrected chi connectivity index (χ0v) is 21.4. The third-order valence-corrected chi connectivity index (χ3v) is 7.10. The highest BCUT2D eigenvalue weighted by Crippen LogP contribution is 2.21. The molecule has 0 aliphatic heterocycles. The van der Waals surface area contributed by atoms with Crippen LogP contribution >= 0.6 is 0 Å². The van der Waals surface area contributed by atoms with Gasteiger partial charge in [-0.15, -0.1) is 0 Å². The first-order valence-corrected chi connectivity index (χ1v) is 12.5. The molecule has 0 heterocycles. The molecule has 2 rings (SSSR count). The number of anilines is 1. The molecule has 0 saturated heterocycles. The van der Waals surface area contributed by atoms with Gasteiger partial charge in [-0.1, -0.05) is 32.0 Å². The number of rotatable bonds is 11. The van der Waals surface area contributed by atoms with E-state index in [1.165, 1.54) is 51.4 Å². The first-order chi connectivity index (χ1) is 16.3. The van der Waals surface area contributed by atoms with Crippen LogP contribution in [0.1, 0.15) is 26.3 Å². The van der Waals surface area contributed by atoms with E-state index in [1.807, 2.05) is 13.8 Å². The highest BCUT2D eigenvalue weighted by Gasteiger charge is 2.33. The summed E-state index contributed by atoms with van der Waals surface area (Å²) in [5, 5.41) is 2.75. The van der Waals surface area contributed by atoms with Gasteiger partial charge in [0, 0.05) is 32.7 Å². The summed E-state index contributed by atoms with van der Waals surface area (Å²) in [6.07, 6.45) is 0. The normalized spacial score (nSPS) is 12.5. The molecule has 1 atom stereocenters. The van der Waals surface area contributed by atoms with Crippen LogP contribution in [0.3, 0.4) is 0 Å². The number of nitrogens with zero attached hydrogens (tertiary/aromatic N) is 3. The second kappa shape index (κ2) is 12.1. The van der Waals surface area contributed by atoms with Crippen LogP contribution in [-0.4, -0.2) is 62.7 Å². The lowest BCUT2D eigenvalue weighted by atomic mass is 10.1. The van der Waals surface area contributed by atoms with E-state index in [-0.39, 0.29) is 23.7 Å². The van der Waals surface area contributed by atoms with Crippen molar-refractivity contribution in [3.8, 4) is 0 Å². The van der Waals surface area contributed by atoms with Gasteiger partial charge >= 0.3 is 10.2 Å². The van der Waals surface area contributed by atoms with E-state index in [9.17, 15) is 26.8 Å². The zero-order chi connectivity index (χ0) is 26.3. The molecule has 2 aromatic rings. The van der Waals surface area contributed by atoms with E-state index < -0.39 is 46.2 Å². The molecular formula is C24H32F2N4O4S. The summed E-state index contributed by atoms with van der Waals surface area (Å²) in [6, 6.07) is 9.46. The highest BCUT2D eigenvalue weighted by molar-refractivity contribution is 7.90. The average Bonchev–Trinajstić information content (AvgIpc) is 2.80. The fourth-order valence-electron chi connectivity index (χ4n) is 3.17. The highest BCUT2D eigenvalue weighted by atomic mass is 32.2. The Balaban J connectivity index is 2.44. The molecular weight excluding hydrogens is 478 g/mol. The van der Waals surface area contributed by atoms with Crippen molar-refractivity contribution in [3.63, 3.8) is 0 Å². The van der Waals surface area contributed by atoms with Gasteiger partial charge in [-0.2, -0.15) is 12.7 Å². The number of hydrogen-bond acceptors (Lipinski definition) is 4. The molecule has 0 aliphatic rings. The number of carbonyl (C=O) groups excluding carboxylic acids is 2. The van der Waals surface area contributed by atoms with Crippen LogP contribution in [0.4, 0.5) is 14.5 Å². The number of nitrogens with one attached hydrogen (secondary N) is 1. The Morgan fingerprint density at radius 3 is 2.11 bits per heavy atom. The topological polar surface area (TPSA) is 90.0 Å². The number of benzene rings is 2. The van der Waals surface area contributed by atoms with Gasteiger partial charge in [-0.25, -0.2) is 13.1 Å². The van der Waals surface area contributed by atoms with Crippen LogP contribution in [0.25, 0.3) is 0 Å². The molecule has 0 spiro atoms. The number of amides is 2. The van der Waals surface area contributed by atoms with E-state index in [0.717, 1.165) is 25.6 Å². The quantitative estimate of drug-likeness (QED) is 0.504. The van der Waals surface area contributed by atoms with Crippen molar-refractivity contribution >= 4 is 27.7 Å². The molecule has 192 valence electrons. The van der Waals surface area contributed by atoms with Crippen molar-refractivity contribution in [1.82, 2.24) is 14.5 Å². The lowest BCUT2D eigenvalue weighted by Gasteiger charge is -2.33. The Morgan fingerprint density at radius 2 is 1.57 bits per heavy atom. The molecule has 35 heavy (non-hydrogen) atoms. The molecule has 2 amide bonds. The van der Waals surface area contributed by atoms with Crippen LogP contribution in [0.15, 0.2) is 48.5 Å². The Bertz CT molecular complexity index is 1120. The van der Waals surface area contributed by atoms with Crippen LogP contribution in [-0.2, 0) is 26.3 Å². The van der Waals surface area contributed by atoms with Gasteiger partial charge in [-0.3, -0.25) is 9.59 Å². The lowest BCUT2D eigenvalue weighted by molar-refractivity contribution is -0.139. The van der Waals surface area contributed by atoms with Gasteiger partial charge in [0.15, 0.2) is 0 Å². The monoisotopic (exact) mass is 510 g/mol. The second-order valence-corrected chi connectivity index (χ2v) is 10.8. The third-order valence-electron chi connectivity index (χ3n) is 5.28. The molecule has 0 saturated carbocycles. The summed E-state index contributed by atoms with van der Waals surface area (Å²) in [6.45, 7) is 4.78. The minimum absolute atomic E-state index is 0.0659. The second-order valence-electron chi connectivity index (χ2n) is 8.70. The molecule has 0 radical (unpaired) electrons. The van der Waals surface area contributed by atoms with Gasteiger partial charge in [-0.05, 0) is 43.2 Å². The number of carbonyl (C=O) groups is 2. The van der Waals surface area contributed by atoms with Crippen molar-refractivity contribution in [3.05, 3.63) is 65.7 Å². The molecule has 0 aromatic heterocycles. The summed E-state index contributed by atoms with van der Waals surface area (Å²) >= 11 is 0. The maximum absolute atomic E-state index is 14.4. The summed E-state index contributed by atoms with van der Waals surface area (Å²) in [5.41, 5.74) is 0.240. The number of halogens is 2. The predicted octanol–water partition coefficient (Wildman–Crippen LogP) is 2.77. The minimum atomic E-state index is -4.16. The van der Waals surface area contributed by atoms with Crippen LogP contribution in [0, 0.1) is 17.6 Å². The van der Waals surface area contributed by atoms with Gasteiger partial charge in [0.2, 0.25) is 11.8 Å². The third kappa shape index (κ3) is 7.46. The maximum Gasteiger partial charge on any atom is 0.304 e. The van der Waals surface area contributed by atoms with Gasteiger partial charge in [0.25, 0.3) is 0 Å². The Kier molecular flexibility index (Phi) is 9.73. The molecule has 8 nitrogen and oxygen atoms in total. The molecule has 2 aromatic carbocycles. The SMILES string of the molecule is CC(C)CNC(=O)[C@@H](C)N(Cc1ccccc1F)C(=O)CN(c1ccc(F)cc1)S(=O)(=O)N(C)C. The van der Waals surface area contributed by atoms with Crippen molar-refractivity contribution in [2.24, 2.45) is 5.92 Å². The van der Waals surface area contributed by atoms with Gasteiger partial charge in [0.05, 0.1) is 5.69 Å². The Hall–Kier alpha value is -3.05.